The van der Waals surface area contributed by atoms with Crippen molar-refractivity contribution in [3.63, 3.8) is 0 Å². The summed E-state index contributed by atoms with van der Waals surface area (Å²) in [7, 11) is 0. The maximum Gasteiger partial charge on any atom is 0.277 e. The third-order valence-electron chi connectivity index (χ3n) is 7.03. The van der Waals surface area contributed by atoms with Crippen molar-refractivity contribution in [3.8, 4) is 0 Å². The molecule has 180 valence electrons. The summed E-state index contributed by atoms with van der Waals surface area (Å²) < 4.78 is 0. The number of fused-ring (bicyclic) bond motifs is 1. The van der Waals surface area contributed by atoms with E-state index in [2.05, 4.69) is 32.8 Å². The number of pyridine rings is 1. The molecule has 0 saturated carbocycles. The van der Waals surface area contributed by atoms with Crippen molar-refractivity contribution in [1.82, 2.24) is 15.0 Å². The Morgan fingerprint density at radius 2 is 1.80 bits per heavy atom. The molecule has 8 heteroatoms. The molecule has 1 saturated heterocycles. The van der Waals surface area contributed by atoms with E-state index in [0.29, 0.717) is 5.69 Å². The molecule has 1 atom stereocenters. The molecule has 3 aromatic rings. The Morgan fingerprint density at radius 1 is 1.03 bits per heavy atom. The molecule has 0 aliphatic carbocycles. The van der Waals surface area contributed by atoms with Crippen LogP contribution in [-0.4, -0.2) is 51.9 Å². The second-order valence-electron chi connectivity index (χ2n) is 9.33. The van der Waals surface area contributed by atoms with Crippen molar-refractivity contribution in [2.75, 3.05) is 27.8 Å². The summed E-state index contributed by atoms with van der Waals surface area (Å²) in [5.74, 6) is 0.666. The number of hydrogen-bond acceptors (Lipinski definition) is 6. The molecule has 2 amide bonds. The van der Waals surface area contributed by atoms with E-state index in [1.807, 2.05) is 47.1 Å². The lowest BCUT2D eigenvalue weighted by Gasteiger charge is -2.39. The van der Waals surface area contributed by atoms with E-state index >= 15 is 0 Å². The van der Waals surface area contributed by atoms with Gasteiger partial charge in [-0.2, -0.15) is 0 Å². The molecule has 4 heterocycles. The number of aromatic nitrogens is 3. The third-order valence-corrected chi connectivity index (χ3v) is 7.03. The van der Waals surface area contributed by atoms with Gasteiger partial charge >= 0.3 is 0 Å². The highest BCUT2D eigenvalue weighted by Gasteiger charge is 2.33. The Kier molecular flexibility index (Phi) is 6.19. The van der Waals surface area contributed by atoms with Gasteiger partial charge in [0.05, 0.1) is 11.4 Å². The second kappa shape index (κ2) is 9.44. The number of piperidine rings is 1. The molecule has 8 nitrogen and oxygen atoms in total. The van der Waals surface area contributed by atoms with Crippen LogP contribution in [-0.2, 0) is 11.2 Å². The number of aryl methyl sites for hydroxylation is 1. The molecular weight excluding hydrogens is 440 g/mol. The van der Waals surface area contributed by atoms with Crippen LogP contribution in [0.2, 0.25) is 0 Å². The molecule has 0 bridgehead atoms. The van der Waals surface area contributed by atoms with Gasteiger partial charge in [0.2, 0.25) is 5.91 Å². The molecule has 1 aromatic carbocycles. The largest absolute Gasteiger partial charge is 0.356 e. The third kappa shape index (κ3) is 4.36. The lowest BCUT2D eigenvalue weighted by molar-refractivity contribution is -0.117. The zero-order chi connectivity index (χ0) is 24.5. The van der Waals surface area contributed by atoms with Crippen molar-refractivity contribution in [3.05, 3.63) is 71.9 Å². The van der Waals surface area contributed by atoms with Gasteiger partial charge in [-0.25, -0.2) is 9.97 Å². The average Bonchev–Trinajstić information content (AvgIpc) is 3.21. The van der Waals surface area contributed by atoms with Crippen molar-refractivity contribution in [2.45, 2.75) is 52.1 Å². The fourth-order valence-corrected chi connectivity index (χ4v) is 5.34. The first kappa shape index (κ1) is 23.0. The molecule has 5 rings (SSSR count). The molecule has 0 N–H and O–H groups in total. The summed E-state index contributed by atoms with van der Waals surface area (Å²) in [6.07, 6.45) is 5.67. The summed E-state index contributed by atoms with van der Waals surface area (Å²) in [6, 6.07) is 13.8. The molecule has 2 aliphatic rings. The standard InChI is InChI=1S/C27H30N6O2/c1-18-15-21-7-4-5-8-25(21)32(18)27(35)23-16-26(30-17-29-23)31-13-10-22(11-14-31)33(20(3)34)24-9-6-12-28-19(24)2/h4-9,12,16-18,22H,10-11,13-15H2,1-3H3. The van der Waals surface area contributed by atoms with Gasteiger partial charge in [0.25, 0.3) is 5.91 Å². The first-order valence-electron chi connectivity index (χ1n) is 12.1. The van der Waals surface area contributed by atoms with Gasteiger partial charge in [-0.3, -0.25) is 14.6 Å². The van der Waals surface area contributed by atoms with E-state index in [0.717, 1.165) is 55.2 Å². The Balaban J connectivity index is 1.31. The van der Waals surface area contributed by atoms with Crippen LogP contribution in [0, 0.1) is 6.92 Å². The topological polar surface area (TPSA) is 82.5 Å². The van der Waals surface area contributed by atoms with E-state index in [1.54, 1.807) is 19.2 Å². The highest BCUT2D eigenvalue weighted by Crippen LogP contribution is 2.33. The van der Waals surface area contributed by atoms with Gasteiger partial charge < -0.3 is 14.7 Å². The Bertz CT molecular complexity index is 1250. The number of nitrogens with zero attached hydrogens (tertiary/aromatic N) is 6. The molecule has 1 unspecified atom stereocenters. The van der Waals surface area contributed by atoms with Gasteiger partial charge in [0, 0.05) is 50.0 Å². The first-order valence-corrected chi connectivity index (χ1v) is 12.1. The average molecular weight is 471 g/mol. The van der Waals surface area contributed by atoms with Crippen LogP contribution in [0.3, 0.4) is 0 Å². The smallest absolute Gasteiger partial charge is 0.277 e. The summed E-state index contributed by atoms with van der Waals surface area (Å²) in [4.78, 5) is 45.0. The molecular formula is C27H30N6O2. The van der Waals surface area contributed by atoms with Gasteiger partial charge in [0.15, 0.2) is 0 Å². The summed E-state index contributed by atoms with van der Waals surface area (Å²) >= 11 is 0. The van der Waals surface area contributed by atoms with Crippen molar-refractivity contribution in [1.29, 1.82) is 0 Å². The summed E-state index contributed by atoms with van der Waals surface area (Å²) in [5, 5.41) is 0. The van der Waals surface area contributed by atoms with Crippen LogP contribution in [0.4, 0.5) is 17.2 Å². The molecule has 2 aliphatic heterocycles. The highest BCUT2D eigenvalue weighted by molar-refractivity contribution is 6.06. The number of carbonyl (C=O) groups excluding carboxylic acids is 2. The minimum absolute atomic E-state index is 0.0227. The second-order valence-corrected chi connectivity index (χ2v) is 9.33. The maximum absolute atomic E-state index is 13.4. The van der Waals surface area contributed by atoms with Crippen LogP contribution < -0.4 is 14.7 Å². The van der Waals surface area contributed by atoms with E-state index in [4.69, 9.17) is 0 Å². The number of para-hydroxylation sites is 1. The zero-order valence-electron chi connectivity index (χ0n) is 20.4. The van der Waals surface area contributed by atoms with E-state index in [-0.39, 0.29) is 23.9 Å². The first-order chi connectivity index (χ1) is 16.9. The van der Waals surface area contributed by atoms with Gasteiger partial charge in [-0.05, 0) is 56.9 Å². The van der Waals surface area contributed by atoms with E-state index in [1.165, 1.54) is 11.9 Å². The predicted molar refractivity (Wildman–Crippen MR) is 136 cm³/mol. The fourth-order valence-electron chi connectivity index (χ4n) is 5.34. The lowest BCUT2D eigenvalue weighted by Crippen LogP contribution is -2.47. The van der Waals surface area contributed by atoms with E-state index in [9.17, 15) is 9.59 Å². The number of amides is 2. The van der Waals surface area contributed by atoms with Crippen LogP contribution >= 0.6 is 0 Å². The number of anilines is 3. The summed E-state index contributed by atoms with van der Waals surface area (Å²) in [5.41, 5.74) is 4.26. The minimum Gasteiger partial charge on any atom is -0.356 e. The minimum atomic E-state index is -0.101. The maximum atomic E-state index is 13.4. The normalized spacial score (nSPS) is 17.9. The SMILES string of the molecule is CC(=O)N(c1cccnc1C)C1CCN(c2cc(C(=O)N3c4ccccc4CC3C)ncn2)CC1. The number of hydrogen-bond donors (Lipinski definition) is 0. The Labute approximate surface area is 205 Å². The molecule has 35 heavy (non-hydrogen) atoms. The van der Waals surface area contributed by atoms with E-state index < -0.39 is 0 Å². The molecule has 0 spiro atoms. The summed E-state index contributed by atoms with van der Waals surface area (Å²) in [6.45, 7) is 7.08. The number of carbonyl (C=O) groups is 2. The van der Waals surface area contributed by atoms with Crippen molar-refractivity contribution < 1.29 is 9.59 Å². The van der Waals surface area contributed by atoms with Crippen molar-refractivity contribution >= 4 is 29.0 Å². The van der Waals surface area contributed by atoms with Gasteiger partial charge in [-0.1, -0.05) is 18.2 Å². The molecule has 2 aromatic heterocycles. The molecule has 1 fully saturated rings. The molecule has 0 radical (unpaired) electrons. The van der Waals surface area contributed by atoms with Crippen molar-refractivity contribution in [2.24, 2.45) is 0 Å². The number of rotatable bonds is 4. The Hall–Kier alpha value is -3.81. The predicted octanol–water partition coefficient (Wildman–Crippen LogP) is 3.79. The lowest BCUT2D eigenvalue weighted by atomic mass is 10.0. The fraction of sp³-hybridized carbons (Fsp3) is 0.370. The monoisotopic (exact) mass is 470 g/mol. The zero-order valence-corrected chi connectivity index (χ0v) is 20.4. The van der Waals surface area contributed by atoms with Crippen LogP contribution in [0.15, 0.2) is 55.0 Å². The van der Waals surface area contributed by atoms with Gasteiger partial charge in [-0.15, -0.1) is 0 Å². The van der Waals surface area contributed by atoms with Crippen LogP contribution in [0.25, 0.3) is 0 Å². The van der Waals surface area contributed by atoms with Gasteiger partial charge in [0.1, 0.15) is 17.8 Å². The Morgan fingerprint density at radius 3 is 2.54 bits per heavy atom. The highest BCUT2D eigenvalue weighted by atomic mass is 16.2. The quantitative estimate of drug-likeness (QED) is 0.577. The number of benzene rings is 1. The van der Waals surface area contributed by atoms with Crippen LogP contribution in [0.5, 0.6) is 0 Å². The van der Waals surface area contributed by atoms with Crippen LogP contribution in [0.1, 0.15) is 48.4 Å².